The molecule has 0 atom stereocenters. The van der Waals surface area contributed by atoms with Crippen molar-refractivity contribution in [2.75, 3.05) is 19.7 Å². The Labute approximate surface area is 124 Å². The number of carbonyl (C=O) groups excluding carboxylic acids is 1. The summed E-state index contributed by atoms with van der Waals surface area (Å²) in [6.45, 7) is 0.645. The number of aliphatic hydroxyl groups excluding tert-OH is 1. The Morgan fingerprint density at radius 2 is 1.62 bits per heavy atom. The number of hydrogen-bond acceptors (Lipinski definition) is 3. The van der Waals surface area contributed by atoms with E-state index >= 15 is 0 Å². The fourth-order valence-electron chi connectivity index (χ4n) is 2.17. The number of phenolic OH excluding ortho intramolecular Hbond substituents is 1. The molecule has 2 aromatic rings. The molecule has 0 aliphatic heterocycles. The second-order valence-corrected chi connectivity index (χ2v) is 4.77. The summed E-state index contributed by atoms with van der Waals surface area (Å²) in [6, 6.07) is 16.3. The molecule has 0 fully saturated rings. The van der Waals surface area contributed by atoms with E-state index < -0.39 is 0 Å². The molecule has 0 saturated heterocycles. The molecule has 0 aliphatic rings. The van der Waals surface area contributed by atoms with Crippen LogP contribution in [0.1, 0.15) is 15.9 Å². The molecule has 0 heterocycles. The molecule has 0 aromatic heterocycles. The van der Waals surface area contributed by atoms with Crippen LogP contribution in [0.5, 0.6) is 5.75 Å². The van der Waals surface area contributed by atoms with Crippen molar-refractivity contribution in [3.8, 4) is 5.75 Å². The molecule has 4 heteroatoms. The lowest BCUT2D eigenvalue weighted by molar-refractivity contribution is 0.0721. The lowest BCUT2D eigenvalue weighted by Gasteiger charge is -2.22. The van der Waals surface area contributed by atoms with Crippen molar-refractivity contribution in [1.82, 2.24) is 4.90 Å². The van der Waals surface area contributed by atoms with E-state index in [9.17, 15) is 9.90 Å². The summed E-state index contributed by atoms with van der Waals surface area (Å²) in [5, 5.41) is 18.9. The fourth-order valence-corrected chi connectivity index (χ4v) is 2.17. The molecule has 1 amide bonds. The topological polar surface area (TPSA) is 60.8 Å². The predicted molar refractivity (Wildman–Crippen MR) is 81.2 cm³/mol. The summed E-state index contributed by atoms with van der Waals surface area (Å²) >= 11 is 0. The molecular formula is C17H19NO3. The molecule has 21 heavy (non-hydrogen) atoms. The van der Waals surface area contributed by atoms with Crippen LogP contribution in [0.2, 0.25) is 0 Å². The van der Waals surface area contributed by atoms with Crippen LogP contribution in [0.25, 0.3) is 0 Å². The molecule has 0 saturated carbocycles. The maximum Gasteiger partial charge on any atom is 0.257 e. The molecule has 0 aliphatic carbocycles. The first-order valence-electron chi connectivity index (χ1n) is 6.94. The monoisotopic (exact) mass is 285 g/mol. The van der Waals surface area contributed by atoms with Crippen molar-refractivity contribution in [3.63, 3.8) is 0 Å². The van der Waals surface area contributed by atoms with E-state index in [1.807, 2.05) is 30.3 Å². The van der Waals surface area contributed by atoms with Gasteiger partial charge in [0.25, 0.3) is 5.91 Å². The smallest absolute Gasteiger partial charge is 0.257 e. The quantitative estimate of drug-likeness (QED) is 0.854. The zero-order valence-electron chi connectivity index (χ0n) is 11.8. The zero-order valence-corrected chi connectivity index (χ0v) is 11.8. The summed E-state index contributed by atoms with van der Waals surface area (Å²) in [7, 11) is 0. The summed E-state index contributed by atoms with van der Waals surface area (Å²) in [4.78, 5) is 14.0. The van der Waals surface area contributed by atoms with Gasteiger partial charge < -0.3 is 15.1 Å². The van der Waals surface area contributed by atoms with Crippen LogP contribution in [0, 0.1) is 0 Å². The minimum atomic E-state index is -0.266. The number of aromatic hydroxyl groups is 1. The van der Waals surface area contributed by atoms with Crippen molar-refractivity contribution in [1.29, 1.82) is 0 Å². The fraction of sp³-hybridized carbons (Fsp3) is 0.235. The van der Waals surface area contributed by atoms with E-state index in [1.165, 1.54) is 6.07 Å². The number of carbonyl (C=O) groups is 1. The maximum atomic E-state index is 12.4. The first-order valence-corrected chi connectivity index (χ1v) is 6.94. The summed E-state index contributed by atoms with van der Waals surface area (Å²) < 4.78 is 0. The number of aliphatic hydroxyl groups is 1. The molecule has 110 valence electrons. The second-order valence-electron chi connectivity index (χ2n) is 4.77. The van der Waals surface area contributed by atoms with Gasteiger partial charge in [0.1, 0.15) is 5.75 Å². The van der Waals surface area contributed by atoms with Crippen molar-refractivity contribution in [2.45, 2.75) is 6.42 Å². The molecule has 2 aromatic carbocycles. The Kier molecular flexibility index (Phi) is 5.35. The van der Waals surface area contributed by atoms with Crippen molar-refractivity contribution < 1.29 is 15.0 Å². The highest BCUT2D eigenvalue weighted by Crippen LogP contribution is 2.18. The van der Waals surface area contributed by atoms with Gasteiger partial charge in [0, 0.05) is 13.1 Å². The van der Waals surface area contributed by atoms with Gasteiger partial charge in [-0.15, -0.1) is 0 Å². The van der Waals surface area contributed by atoms with Gasteiger partial charge >= 0.3 is 0 Å². The van der Waals surface area contributed by atoms with E-state index in [0.717, 1.165) is 5.56 Å². The Morgan fingerprint density at radius 3 is 2.29 bits per heavy atom. The third-order valence-electron chi connectivity index (χ3n) is 3.30. The number of hydrogen-bond donors (Lipinski definition) is 2. The number of amides is 1. The first-order chi connectivity index (χ1) is 10.2. The van der Waals surface area contributed by atoms with Gasteiger partial charge in [0.15, 0.2) is 0 Å². The van der Waals surface area contributed by atoms with E-state index in [4.69, 9.17) is 5.11 Å². The minimum absolute atomic E-state index is 0.0369. The average Bonchev–Trinajstić information content (AvgIpc) is 2.52. The third-order valence-corrected chi connectivity index (χ3v) is 3.30. The molecule has 0 bridgehead atoms. The number of para-hydroxylation sites is 1. The zero-order chi connectivity index (χ0) is 15.1. The summed E-state index contributed by atoms with van der Waals surface area (Å²) in [6.07, 6.45) is 0.709. The second kappa shape index (κ2) is 7.45. The molecule has 4 nitrogen and oxygen atoms in total. The normalized spacial score (nSPS) is 10.3. The van der Waals surface area contributed by atoms with Crippen LogP contribution in [0.15, 0.2) is 54.6 Å². The van der Waals surface area contributed by atoms with Crippen LogP contribution in [-0.2, 0) is 6.42 Å². The van der Waals surface area contributed by atoms with Crippen molar-refractivity contribution in [3.05, 3.63) is 65.7 Å². The highest BCUT2D eigenvalue weighted by molar-refractivity contribution is 5.96. The highest BCUT2D eigenvalue weighted by atomic mass is 16.3. The van der Waals surface area contributed by atoms with Crippen LogP contribution in [0.3, 0.4) is 0 Å². The predicted octanol–water partition coefficient (Wildman–Crippen LogP) is 2.07. The van der Waals surface area contributed by atoms with Crippen LogP contribution < -0.4 is 0 Å². The number of nitrogens with zero attached hydrogens (tertiary/aromatic N) is 1. The lowest BCUT2D eigenvalue weighted by atomic mass is 10.1. The van der Waals surface area contributed by atoms with Gasteiger partial charge in [-0.25, -0.2) is 0 Å². The minimum Gasteiger partial charge on any atom is -0.507 e. The van der Waals surface area contributed by atoms with E-state index in [2.05, 4.69) is 0 Å². The van der Waals surface area contributed by atoms with E-state index in [1.54, 1.807) is 23.1 Å². The number of phenols is 1. The van der Waals surface area contributed by atoms with Gasteiger partial charge in [-0.1, -0.05) is 42.5 Å². The molecule has 0 unspecified atom stereocenters. The third kappa shape index (κ3) is 4.07. The Bertz CT molecular complexity index is 584. The van der Waals surface area contributed by atoms with E-state index in [-0.39, 0.29) is 30.4 Å². The molecule has 2 N–H and O–H groups in total. The highest BCUT2D eigenvalue weighted by Gasteiger charge is 2.17. The van der Waals surface area contributed by atoms with Gasteiger partial charge in [-0.3, -0.25) is 4.79 Å². The van der Waals surface area contributed by atoms with Gasteiger partial charge in [-0.2, -0.15) is 0 Å². The first kappa shape index (κ1) is 15.1. The largest absolute Gasteiger partial charge is 0.507 e. The van der Waals surface area contributed by atoms with Gasteiger partial charge in [0.2, 0.25) is 0 Å². The Balaban J connectivity index is 2.08. The van der Waals surface area contributed by atoms with Crippen LogP contribution in [0.4, 0.5) is 0 Å². The van der Waals surface area contributed by atoms with Crippen molar-refractivity contribution >= 4 is 5.91 Å². The van der Waals surface area contributed by atoms with Gasteiger partial charge in [-0.05, 0) is 24.1 Å². The Hall–Kier alpha value is -2.33. The Morgan fingerprint density at radius 1 is 0.952 bits per heavy atom. The molecular weight excluding hydrogens is 266 g/mol. The lowest BCUT2D eigenvalue weighted by Crippen LogP contribution is -2.35. The summed E-state index contributed by atoms with van der Waals surface area (Å²) in [5.74, 6) is -0.303. The van der Waals surface area contributed by atoms with Gasteiger partial charge in [0.05, 0.1) is 12.2 Å². The maximum absolute atomic E-state index is 12.4. The van der Waals surface area contributed by atoms with E-state index in [0.29, 0.717) is 13.0 Å². The number of rotatable bonds is 6. The van der Waals surface area contributed by atoms with Crippen LogP contribution in [-0.4, -0.2) is 40.7 Å². The number of benzene rings is 2. The van der Waals surface area contributed by atoms with Crippen LogP contribution >= 0.6 is 0 Å². The molecule has 0 spiro atoms. The molecule has 0 radical (unpaired) electrons. The standard InChI is InChI=1S/C17H19NO3/c19-13-12-18(11-10-14-6-2-1-3-7-14)17(21)15-8-4-5-9-16(15)20/h1-9,19-20H,10-13H2. The average molecular weight is 285 g/mol. The summed E-state index contributed by atoms with van der Waals surface area (Å²) in [5.41, 5.74) is 1.39. The van der Waals surface area contributed by atoms with Crippen molar-refractivity contribution in [2.24, 2.45) is 0 Å². The molecule has 2 rings (SSSR count). The SMILES string of the molecule is O=C(c1ccccc1O)N(CCO)CCc1ccccc1.